The molecule has 8 nitrogen and oxygen atoms in total. The number of aromatic nitrogens is 3. The molecule has 0 radical (unpaired) electrons. The summed E-state index contributed by atoms with van der Waals surface area (Å²) in [6.45, 7) is 6.40. The number of benzene rings is 1. The fraction of sp³-hybridized carbons (Fsp3) is 0.409. The summed E-state index contributed by atoms with van der Waals surface area (Å²) in [5.74, 6) is 0.667. The van der Waals surface area contributed by atoms with Gasteiger partial charge in [0, 0.05) is 45.4 Å². The van der Waals surface area contributed by atoms with Crippen molar-refractivity contribution in [3.63, 3.8) is 0 Å². The summed E-state index contributed by atoms with van der Waals surface area (Å²) in [4.78, 5) is 21.2. The maximum atomic E-state index is 12.8. The van der Waals surface area contributed by atoms with Gasteiger partial charge in [0.05, 0.1) is 22.0 Å². The number of carbonyl (C=O) groups excluding carboxylic acids is 1. The highest BCUT2D eigenvalue weighted by Crippen LogP contribution is 2.23. The molecule has 0 aliphatic carbocycles. The summed E-state index contributed by atoms with van der Waals surface area (Å²) in [5, 5.41) is 2.99. The Hall–Kier alpha value is -2.78. The first-order chi connectivity index (χ1) is 14.8. The van der Waals surface area contributed by atoms with Gasteiger partial charge in [-0.2, -0.15) is 4.31 Å². The van der Waals surface area contributed by atoms with Crippen molar-refractivity contribution in [3.8, 4) is 0 Å². The number of imidazole rings is 1. The fourth-order valence-electron chi connectivity index (χ4n) is 3.60. The molecule has 2 heterocycles. The largest absolute Gasteiger partial charge is 0.350 e. The average molecular weight is 444 g/mol. The first-order valence-corrected chi connectivity index (χ1v) is 11.9. The van der Waals surface area contributed by atoms with Crippen LogP contribution in [0.2, 0.25) is 0 Å². The minimum Gasteiger partial charge on any atom is -0.350 e. The van der Waals surface area contributed by atoms with Gasteiger partial charge in [-0.15, -0.1) is 0 Å². The minimum absolute atomic E-state index is 0.0684. The van der Waals surface area contributed by atoms with Gasteiger partial charge in [-0.05, 0) is 42.8 Å². The van der Waals surface area contributed by atoms with Gasteiger partial charge in [0.15, 0.2) is 0 Å². The molecule has 0 saturated heterocycles. The van der Waals surface area contributed by atoms with Crippen LogP contribution >= 0.6 is 0 Å². The fourth-order valence-corrected chi connectivity index (χ4v) is 5.08. The summed E-state index contributed by atoms with van der Waals surface area (Å²) in [6.07, 6.45) is 4.15. The molecular weight excluding hydrogens is 414 g/mol. The lowest BCUT2D eigenvalue weighted by Gasteiger charge is -2.18. The number of amides is 1. The van der Waals surface area contributed by atoms with Gasteiger partial charge in [-0.3, -0.25) is 9.78 Å². The average Bonchev–Trinajstić information content (AvgIpc) is 3.08. The molecule has 1 N–H and O–H groups in total. The molecule has 1 unspecified atom stereocenters. The Bertz CT molecular complexity index is 1150. The predicted octanol–water partition coefficient (Wildman–Crippen LogP) is 2.81. The van der Waals surface area contributed by atoms with Gasteiger partial charge in [-0.25, -0.2) is 13.4 Å². The minimum atomic E-state index is -3.55. The second kappa shape index (κ2) is 9.57. The third kappa shape index (κ3) is 4.94. The number of fused-ring (bicyclic) bond motifs is 1. The van der Waals surface area contributed by atoms with Crippen molar-refractivity contribution in [2.24, 2.45) is 7.05 Å². The molecule has 0 saturated carbocycles. The van der Waals surface area contributed by atoms with Gasteiger partial charge in [0.2, 0.25) is 15.9 Å². The number of hydrogen-bond acceptors (Lipinski definition) is 5. The lowest BCUT2D eigenvalue weighted by Crippen LogP contribution is -2.30. The Balaban J connectivity index is 1.73. The van der Waals surface area contributed by atoms with E-state index in [1.807, 2.05) is 44.5 Å². The molecule has 0 fully saturated rings. The van der Waals surface area contributed by atoms with Gasteiger partial charge < -0.3 is 9.88 Å². The summed E-state index contributed by atoms with van der Waals surface area (Å²) in [5.41, 5.74) is 2.43. The zero-order valence-electron chi connectivity index (χ0n) is 18.4. The number of carbonyl (C=O) groups is 1. The number of hydrogen-bond donors (Lipinski definition) is 1. The van der Waals surface area contributed by atoms with E-state index in [9.17, 15) is 13.2 Å². The molecule has 2 aromatic heterocycles. The summed E-state index contributed by atoms with van der Waals surface area (Å²) >= 11 is 0. The second-order valence-electron chi connectivity index (χ2n) is 7.40. The van der Waals surface area contributed by atoms with E-state index in [1.165, 1.54) is 4.31 Å². The van der Waals surface area contributed by atoms with E-state index in [2.05, 4.69) is 15.3 Å². The van der Waals surface area contributed by atoms with Crippen LogP contribution in [0, 0.1) is 0 Å². The van der Waals surface area contributed by atoms with Crippen LogP contribution < -0.4 is 5.32 Å². The maximum absolute atomic E-state index is 12.8. The number of nitrogens with zero attached hydrogens (tertiary/aromatic N) is 4. The quantitative estimate of drug-likeness (QED) is 0.548. The van der Waals surface area contributed by atoms with Crippen LogP contribution in [0.15, 0.2) is 47.6 Å². The van der Waals surface area contributed by atoms with E-state index in [0.29, 0.717) is 25.0 Å². The Labute approximate surface area is 183 Å². The molecule has 1 amide bonds. The van der Waals surface area contributed by atoms with Crippen LogP contribution in [0.4, 0.5) is 0 Å². The predicted molar refractivity (Wildman–Crippen MR) is 120 cm³/mol. The lowest BCUT2D eigenvalue weighted by atomic mass is 10.1. The highest BCUT2D eigenvalue weighted by molar-refractivity contribution is 7.89. The Morgan fingerprint density at radius 1 is 1.16 bits per heavy atom. The van der Waals surface area contributed by atoms with E-state index in [1.54, 1.807) is 30.6 Å². The molecule has 3 aromatic rings. The lowest BCUT2D eigenvalue weighted by molar-refractivity contribution is -0.121. The third-order valence-corrected chi connectivity index (χ3v) is 7.49. The monoisotopic (exact) mass is 443 g/mol. The SMILES string of the molecule is CCN(CC)S(=O)(=O)c1ccc2c(c1)nc(CCC(=O)NC(C)c1ccncc1)n2C. The first-order valence-electron chi connectivity index (χ1n) is 10.4. The van der Waals surface area contributed by atoms with Crippen LogP contribution in [0.3, 0.4) is 0 Å². The molecule has 1 aromatic carbocycles. The van der Waals surface area contributed by atoms with E-state index in [-0.39, 0.29) is 23.3 Å². The van der Waals surface area contributed by atoms with Crippen molar-refractivity contribution >= 4 is 27.0 Å². The molecule has 0 spiro atoms. The molecule has 9 heteroatoms. The van der Waals surface area contributed by atoms with Gasteiger partial charge in [0.1, 0.15) is 5.82 Å². The highest BCUT2D eigenvalue weighted by Gasteiger charge is 2.23. The first kappa shape index (κ1) is 22.9. The van der Waals surface area contributed by atoms with E-state index < -0.39 is 10.0 Å². The van der Waals surface area contributed by atoms with Gasteiger partial charge >= 0.3 is 0 Å². The van der Waals surface area contributed by atoms with Gasteiger partial charge in [-0.1, -0.05) is 13.8 Å². The Morgan fingerprint density at radius 2 is 1.84 bits per heavy atom. The van der Waals surface area contributed by atoms with Crippen molar-refractivity contribution in [2.75, 3.05) is 13.1 Å². The number of aryl methyl sites for hydroxylation is 2. The smallest absolute Gasteiger partial charge is 0.243 e. The normalized spacial score (nSPS) is 12.9. The molecule has 0 aliphatic rings. The zero-order valence-corrected chi connectivity index (χ0v) is 19.2. The number of rotatable bonds is 9. The van der Waals surface area contributed by atoms with E-state index in [0.717, 1.165) is 16.9 Å². The second-order valence-corrected chi connectivity index (χ2v) is 9.33. The number of nitrogens with one attached hydrogen (secondary N) is 1. The van der Waals surface area contributed by atoms with Crippen LogP contribution in [-0.2, 0) is 28.3 Å². The number of pyridine rings is 1. The molecular formula is C22H29N5O3S. The van der Waals surface area contributed by atoms with E-state index in [4.69, 9.17) is 0 Å². The molecule has 1 atom stereocenters. The van der Waals surface area contributed by atoms with Crippen molar-refractivity contribution in [3.05, 3.63) is 54.1 Å². The molecule has 31 heavy (non-hydrogen) atoms. The van der Waals surface area contributed by atoms with Crippen molar-refractivity contribution in [2.45, 2.75) is 44.6 Å². The summed E-state index contributed by atoms with van der Waals surface area (Å²) in [7, 11) is -1.67. The van der Waals surface area contributed by atoms with Crippen LogP contribution in [-0.4, -0.2) is 46.3 Å². The van der Waals surface area contributed by atoms with E-state index >= 15 is 0 Å². The molecule has 166 valence electrons. The standard InChI is InChI=1S/C22H29N5O3S/c1-5-27(6-2)31(29,30)18-7-8-20-19(15-18)25-21(26(20)4)9-10-22(28)24-16(3)17-11-13-23-14-12-17/h7-8,11-16H,5-6,9-10H2,1-4H3,(H,24,28). The zero-order chi connectivity index (χ0) is 22.6. The topological polar surface area (TPSA) is 97.2 Å². The molecule has 0 aliphatic heterocycles. The summed E-state index contributed by atoms with van der Waals surface area (Å²) in [6, 6.07) is 8.64. The molecule has 0 bridgehead atoms. The third-order valence-electron chi connectivity index (χ3n) is 5.45. The summed E-state index contributed by atoms with van der Waals surface area (Å²) < 4.78 is 28.9. The Morgan fingerprint density at radius 3 is 2.48 bits per heavy atom. The van der Waals surface area contributed by atoms with Gasteiger partial charge in [0.25, 0.3) is 0 Å². The molecule has 3 rings (SSSR count). The van der Waals surface area contributed by atoms with Crippen molar-refractivity contribution < 1.29 is 13.2 Å². The highest BCUT2D eigenvalue weighted by atomic mass is 32.2. The van der Waals surface area contributed by atoms with Crippen LogP contribution in [0.5, 0.6) is 0 Å². The van der Waals surface area contributed by atoms with Crippen LogP contribution in [0.25, 0.3) is 11.0 Å². The maximum Gasteiger partial charge on any atom is 0.243 e. The van der Waals surface area contributed by atoms with Crippen LogP contribution in [0.1, 0.15) is 44.6 Å². The Kier molecular flexibility index (Phi) is 7.07. The van der Waals surface area contributed by atoms with Crippen molar-refractivity contribution in [1.29, 1.82) is 0 Å². The van der Waals surface area contributed by atoms with Crippen molar-refractivity contribution in [1.82, 2.24) is 24.2 Å². The number of sulfonamides is 1.